The Labute approximate surface area is 98.0 Å². The number of hydrogen-bond donors (Lipinski definition) is 5. The van der Waals surface area contributed by atoms with E-state index < -0.39 is 43.1 Å². The first-order valence-corrected chi connectivity index (χ1v) is 4.84. The number of aliphatic hydroxyl groups excluding tert-OH is 4. The number of aliphatic carboxylic acids is 1. The van der Waals surface area contributed by atoms with Gasteiger partial charge in [0.25, 0.3) is 0 Å². The van der Waals surface area contributed by atoms with Crippen molar-refractivity contribution in [2.24, 2.45) is 0 Å². The third kappa shape index (κ3) is 4.19. The van der Waals surface area contributed by atoms with Gasteiger partial charge >= 0.3 is 5.97 Å². The van der Waals surface area contributed by atoms with Gasteiger partial charge in [-0.05, 0) is 0 Å². The second-order valence-corrected chi connectivity index (χ2v) is 3.43. The van der Waals surface area contributed by atoms with Gasteiger partial charge in [-0.2, -0.15) is 0 Å². The van der Waals surface area contributed by atoms with Crippen LogP contribution in [0.4, 0.5) is 0 Å². The van der Waals surface area contributed by atoms with Crippen LogP contribution >= 0.6 is 0 Å². The fourth-order valence-corrected chi connectivity index (χ4v) is 1.39. The summed E-state index contributed by atoms with van der Waals surface area (Å²) in [5.74, 6) is -1.47. The fraction of sp³-hybridized carbons (Fsp3) is 0.889. The molecule has 17 heavy (non-hydrogen) atoms. The number of carboxylic acids is 1. The minimum atomic E-state index is -1.80. The summed E-state index contributed by atoms with van der Waals surface area (Å²) in [6.45, 7) is -0.701. The first-order valence-electron chi connectivity index (χ1n) is 4.84. The first-order chi connectivity index (χ1) is 7.90. The Balaban J connectivity index is 4.75. The predicted octanol–water partition coefficient (Wildman–Crippen LogP) is -2.82. The second-order valence-electron chi connectivity index (χ2n) is 3.43. The molecule has 0 aromatic rings. The van der Waals surface area contributed by atoms with Crippen molar-refractivity contribution >= 4 is 5.97 Å². The van der Waals surface area contributed by atoms with Crippen LogP contribution in [-0.2, 0) is 14.3 Å². The summed E-state index contributed by atoms with van der Waals surface area (Å²) in [4.78, 5) is 10.7. The number of ether oxygens (including phenoxy) is 2. The van der Waals surface area contributed by atoms with Crippen molar-refractivity contribution in [3.8, 4) is 0 Å². The van der Waals surface area contributed by atoms with Gasteiger partial charge in [-0.3, -0.25) is 0 Å². The van der Waals surface area contributed by atoms with E-state index in [4.69, 9.17) is 14.9 Å². The molecule has 0 fully saturated rings. The molecule has 102 valence electrons. The Morgan fingerprint density at radius 1 is 1.12 bits per heavy atom. The predicted molar refractivity (Wildman–Crippen MR) is 54.3 cm³/mol. The number of aliphatic hydroxyl groups is 4. The molecule has 8 nitrogen and oxygen atoms in total. The molecule has 5 atom stereocenters. The Bertz CT molecular complexity index is 233. The molecule has 0 aliphatic heterocycles. The standard InChI is InChI=1S/C9H18O8/c1-16-7(4(11)3-10)5(12)6(13)8(17-2)9(14)15/h4-8,10-13H,3H2,1-2H3,(H,14,15). The maximum atomic E-state index is 10.7. The van der Waals surface area contributed by atoms with Gasteiger partial charge in [0.1, 0.15) is 24.4 Å². The fourth-order valence-electron chi connectivity index (χ4n) is 1.39. The average Bonchev–Trinajstić information content (AvgIpc) is 2.29. The molecular formula is C9H18O8. The Hall–Kier alpha value is -0.770. The van der Waals surface area contributed by atoms with Crippen LogP contribution in [0, 0.1) is 0 Å². The van der Waals surface area contributed by atoms with Gasteiger partial charge in [0.15, 0.2) is 6.10 Å². The van der Waals surface area contributed by atoms with Gasteiger partial charge in [0.05, 0.1) is 6.61 Å². The molecule has 0 saturated carbocycles. The largest absolute Gasteiger partial charge is 0.479 e. The van der Waals surface area contributed by atoms with Gasteiger partial charge < -0.3 is 35.0 Å². The quantitative estimate of drug-likeness (QED) is 0.313. The van der Waals surface area contributed by atoms with E-state index in [2.05, 4.69) is 4.74 Å². The van der Waals surface area contributed by atoms with E-state index in [1.165, 1.54) is 0 Å². The van der Waals surface area contributed by atoms with Crippen molar-refractivity contribution < 1.29 is 39.8 Å². The van der Waals surface area contributed by atoms with Crippen LogP contribution in [0.3, 0.4) is 0 Å². The van der Waals surface area contributed by atoms with Gasteiger partial charge in [0.2, 0.25) is 0 Å². The van der Waals surface area contributed by atoms with Crippen molar-refractivity contribution in [3.05, 3.63) is 0 Å². The Morgan fingerprint density at radius 2 is 1.65 bits per heavy atom. The Morgan fingerprint density at radius 3 is 1.94 bits per heavy atom. The summed E-state index contributed by atoms with van der Waals surface area (Å²) in [6.07, 6.45) is -7.96. The molecular weight excluding hydrogens is 236 g/mol. The highest BCUT2D eigenvalue weighted by atomic mass is 16.5. The van der Waals surface area contributed by atoms with E-state index in [-0.39, 0.29) is 0 Å². The van der Waals surface area contributed by atoms with E-state index in [1.807, 2.05) is 0 Å². The number of carbonyl (C=O) groups is 1. The van der Waals surface area contributed by atoms with Crippen molar-refractivity contribution in [1.82, 2.24) is 0 Å². The highest BCUT2D eigenvalue weighted by Crippen LogP contribution is 2.13. The number of carboxylic acid groups (broad SMARTS) is 1. The highest BCUT2D eigenvalue weighted by molar-refractivity contribution is 5.73. The lowest BCUT2D eigenvalue weighted by Crippen LogP contribution is -2.53. The molecule has 0 rings (SSSR count). The molecule has 0 aromatic heterocycles. The molecule has 0 heterocycles. The van der Waals surface area contributed by atoms with Gasteiger partial charge in [-0.1, -0.05) is 0 Å². The van der Waals surface area contributed by atoms with Gasteiger partial charge in [-0.25, -0.2) is 4.79 Å². The van der Waals surface area contributed by atoms with E-state index in [1.54, 1.807) is 0 Å². The average molecular weight is 254 g/mol. The smallest absolute Gasteiger partial charge is 0.335 e. The summed E-state index contributed by atoms with van der Waals surface area (Å²) >= 11 is 0. The van der Waals surface area contributed by atoms with Crippen LogP contribution < -0.4 is 0 Å². The minimum Gasteiger partial charge on any atom is -0.479 e. The molecule has 0 aromatic carbocycles. The SMILES string of the molecule is COC(C(=O)O)C(O)C(O)C(OC)C(O)CO. The molecule has 8 heteroatoms. The lowest BCUT2D eigenvalue weighted by molar-refractivity contribution is -0.177. The summed E-state index contributed by atoms with van der Waals surface area (Å²) in [5, 5.41) is 45.9. The zero-order chi connectivity index (χ0) is 13.6. The van der Waals surface area contributed by atoms with E-state index in [0.717, 1.165) is 14.2 Å². The van der Waals surface area contributed by atoms with Crippen LogP contribution in [0.2, 0.25) is 0 Å². The molecule has 0 radical (unpaired) electrons. The van der Waals surface area contributed by atoms with Gasteiger partial charge in [0, 0.05) is 14.2 Å². The summed E-state index contributed by atoms with van der Waals surface area (Å²) in [6, 6.07) is 0. The molecule has 5 N–H and O–H groups in total. The first kappa shape index (κ1) is 16.2. The lowest BCUT2D eigenvalue weighted by atomic mass is 9.99. The third-order valence-corrected chi connectivity index (χ3v) is 2.33. The van der Waals surface area contributed by atoms with Crippen molar-refractivity contribution in [2.75, 3.05) is 20.8 Å². The minimum absolute atomic E-state index is 0.701. The molecule has 5 unspecified atom stereocenters. The van der Waals surface area contributed by atoms with Gasteiger partial charge in [-0.15, -0.1) is 0 Å². The Kier molecular flexibility index (Phi) is 7.19. The molecule has 0 saturated heterocycles. The van der Waals surface area contributed by atoms with Crippen LogP contribution in [0.25, 0.3) is 0 Å². The normalized spacial score (nSPS) is 20.4. The van der Waals surface area contributed by atoms with Crippen LogP contribution in [0.5, 0.6) is 0 Å². The van der Waals surface area contributed by atoms with E-state index in [9.17, 15) is 20.1 Å². The highest BCUT2D eigenvalue weighted by Gasteiger charge is 2.39. The van der Waals surface area contributed by atoms with Crippen molar-refractivity contribution in [3.63, 3.8) is 0 Å². The number of rotatable bonds is 8. The van der Waals surface area contributed by atoms with Crippen molar-refractivity contribution in [1.29, 1.82) is 0 Å². The van der Waals surface area contributed by atoms with E-state index in [0.29, 0.717) is 0 Å². The topological polar surface area (TPSA) is 137 Å². The van der Waals surface area contributed by atoms with E-state index >= 15 is 0 Å². The molecule has 0 amide bonds. The number of methoxy groups -OCH3 is 2. The van der Waals surface area contributed by atoms with Crippen molar-refractivity contribution in [2.45, 2.75) is 30.5 Å². The summed E-state index contributed by atoms with van der Waals surface area (Å²) < 4.78 is 9.19. The second kappa shape index (κ2) is 7.54. The van der Waals surface area contributed by atoms with Crippen LogP contribution in [-0.4, -0.2) is 82.8 Å². The number of hydrogen-bond acceptors (Lipinski definition) is 7. The zero-order valence-corrected chi connectivity index (χ0v) is 9.55. The summed E-state index contributed by atoms with van der Waals surface area (Å²) in [5.41, 5.74) is 0. The monoisotopic (exact) mass is 254 g/mol. The molecule has 0 bridgehead atoms. The third-order valence-electron chi connectivity index (χ3n) is 2.33. The van der Waals surface area contributed by atoms with Crippen LogP contribution in [0.1, 0.15) is 0 Å². The summed E-state index contributed by atoms with van der Waals surface area (Å²) in [7, 11) is 2.20. The molecule has 0 aliphatic rings. The zero-order valence-electron chi connectivity index (χ0n) is 9.55. The maximum absolute atomic E-state index is 10.7. The van der Waals surface area contributed by atoms with Crippen LogP contribution in [0.15, 0.2) is 0 Å². The molecule has 0 spiro atoms. The lowest BCUT2D eigenvalue weighted by Gasteiger charge is -2.30. The molecule has 0 aliphatic carbocycles. The maximum Gasteiger partial charge on any atom is 0.335 e.